The SMILES string of the molecule is CC1(c2[nH]c3ccccc3c2-c2cccc(C(F)(F)F)c2)CCOC(c2cc(C(F)(F)F)nn2CCC(N)=O)C1. The molecular formula is C28H26F6N4O2. The molecule has 40 heavy (non-hydrogen) atoms. The molecule has 2 atom stereocenters. The molecular weight excluding hydrogens is 538 g/mol. The summed E-state index contributed by atoms with van der Waals surface area (Å²) in [5.41, 5.74) is 5.11. The first-order valence-electron chi connectivity index (χ1n) is 12.6. The van der Waals surface area contributed by atoms with Crippen LogP contribution in [0, 0.1) is 0 Å². The first-order valence-corrected chi connectivity index (χ1v) is 12.6. The highest BCUT2D eigenvalue weighted by molar-refractivity contribution is 5.98. The number of aromatic nitrogens is 3. The molecule has 0 radical (unpaired) electrons. The first kappa shape index (κ1) is 27.8. The van der Waals surface area contributed by atoms with Crippen LogP contribution in [0.4, 0.5) is 26.3 Å². The molecule has 2 aromatic heterocycles. The summed E-state index contributed by atoms with van der Waals surface area (Å²) >= 11 is 0. The Morgan fingerprint density at radius 2 is 1.85 bits per heavy atom. The number of nitrogens with two attached hydrogens (primary N) is 1. The predicted molar refractivity (Wildman–Crippen MR) is 135 cm³/mol. The third-order valence-electron chi connectivity index (χ3n) is 7.40. The second-order valence-corrected chi connectivity index (χ2v) is 10.3. The van der Waals surface area contributed by atoms with Crippen molar-refractivity contribution in [1.82, 2.24) is 14.8 Å². The van der Waals surface area contributed by atoms with Gasteiger partial charge in [-0.05, 0) is 42.7 Å². The van der Waals surface area contributed by atoms with Crippen molar-refractivity contribution in [3.05, 3.63) is 77.2 Å². The summed E-state index contributed by atoms with van der Waals surface area (Å²) in [6, 6.07) is 13.2. The van der Waals surface area contributed by atoms with Crippen molar-refractivity contribution in [1.29, 1.82) is 0 Å². The third-order valence-corrected chi connectivity index (χ3v) is 7.40. The number of ether oxygens (including phenoxy) is 1. The molecule has 6 nitrogen and oxygen atoms in total. The number of nitrogens with one attached hydrogen (secondary N) is 1. The average molecular weight is 565 g/mol. The smallest absolute Gasteiger partial charge is 0.372 e. The minimum Gasteiger partial charge on any atom is -0.372 e. The normalized spacial score (nSPS) is 20.2. The number of aryl methyl sites for hydroxylation is 1. The standard InChI is InChI=1S/C28H26F6N4O2/c1-26(10-12-40-21(15-26)20-14-22(28(32,33)34)37-38(20)11-9-23(35)39)25-24(18-7-2-3-8-19(18)36-25)16-5-4-6-17(13-16)27(29,30)31/h2-8,13-14,21,36H,9-12,15H2,1H3,(H2,35,39). The molecule has 1 saturated heterocycles. The number of aromatic amines is 1. The van der Waals surface area contributed by atoms with Gasteiger partial charge in [0.25, 0.3) is 0 Å². The molecule has 0 saturated carbocycles. The minimum absolute atomic E-state index is 0.149. The zero-order chi connectivity index (χ0) is 28.9. The average Bonchev–Trinajstić information content (AvgIpc) is 3.50. The van der Waals surface area contributed by atoms with Gasteiger partial charge in [0, 0.05) is 40.6 Å². The lowest BCUT2D eigenvalue weighted by Crippen LogP contribution is -2.34. The summed E-state index contributed by atoms with van der Waals surface area (Å²) in [5.74, 6) is -0.687. The topological polar surface area (TPSA) is 85.9 Å². The lowest BCUT2D eigenvalue weighted by molar-refractivity contribution is -0.141. The highest BCUT2D eigenvalue weighted by Crippen LogP contribution is 2.48. The number of hydrogen-bond acceptors (Lipinski definition) is 3. The number of rotatable bonds is 6. The monoisotopic (exact) mass is 564 g/mol. The molecule has 2 aromatic carbocycles. The van der Waals surface area contributed by atoms with Crippen LogP contribution in [0.3, 0.4) is 0 Å². The molecule has 1 amide bonds. The quantitative estimate of drug-likeness (QED) is 0.254. The molecule has 3 heterocycles. The number of carbonyl (C=O) groups excluding carboxylic acids is 1. The molecule has 0 bridgehead atoms. The Hall–Kier alpha value is -3.80. The largest absolute Gasteiger partial charge is 0.435 e. The van der Waals surface area contributed by atoms with E-state index in [0.717, 1.165) is 33.8 Å². The maximum atomic E-state index is 13.6. The highest BCUT2D eigenvalue weighted by atomic mass is 19.4. The maximum absolute atomic E-state index is 13.6. The van der Waals surface area contributed by atoms with Crippen molar-refractivity contribution in [2.24, 2.45) is 5.73 Å². The van der Waals surface area contributed by atoms with Crippen molar-refractivity contribution in [2.45, 2.75) is 56.6 Å². The Morgan fingerprint density at radius 3 is 2.55 bits per heavy atom. The number of nitrogens with zero attached hydrogens (tertiary/aromatic N) is 2. The number of fused-ring (bicyclic) bond motifs is 1. The molecule has 4 aromatic rings. The fourth-order valence-corrected chi connectivity index (χ4v) is 5.38. The highest BCUT2D eigenvalue weighted by Gasteiger charge is 2.42. The van der Waals surface area contributed by atoms with Crippen LogP contribution in [-0.4, -0.2) is 27.3 Å². The maximum Gasteiger partial charge on any atom is 0.435 e. The van der Waals surface area contributed by atoms with Crippen molar-refractivity contribution < 1.29 is 35.9 Å². The van der Waals surface area contributed by atoms with E-state index in [0.29, 0.717) is 23.2 Å². The molecule has 1 fully saturated rings. The fraction of sp³-hybridized carbons (Fsp3) is 0.357. The van der Waals surface area contributed by atoms with Crippen LogP contribution in [0.2, 0.25) is 0 Å². The number of alkyl halides is 6. The lowest BCUT2D eigenvalue weighted by atomic mass is 9.74. The van der Waals surface area contributed by atoms with E-state index in [-0.39, 0.29) is 31.7 Å². The van der Waals surface area contributed by atoms with Gasteiger partial charge < -0.3 is 15.5 Å². The number of halogens is 6. The van der Waals surface area contributed by atoms with Gasteiger partial charge in [0.15, 0.2) is 5.69 Å². The molecule has 1 aliphatic heterocycles. The molecule has 5 rings (SSSR count). The Bertz CT molecular complexity index is 1550. The van der Waals surface area contributed by atoms with E-state index in [9.17, 15) is 31.1 Å². The van der Waals surface area contributed by atoms with Crippen molar-refractivity contribution in [3.63, 3.8) is 0 Å². The molecule has 0 spiro atoms. The zero-order valence-electron chi connectivity index (χ0n) is 21.4. The van der Waals surface area contributed by atoms with Crippen LogP contribution < -0.4 is 5.73 Å². The van der Waals surface area contributed by atoms with Gasteiger partial charge >= 0.3 is 12.4 Å². The van der Waals surface area contributed by atoms with Crippen molar-refractivity contribution in [3.8, 4) is 11.1 Å². The van der Waals surface area contributed by atoms with Gasteiger partial charge in [0.2, 0.25) is 5.91 Å². The van der Waals surface area contributed by atoms with Gasteiger partial charge in [-0.25, -0.2) is 0 Å². The van der Waals surface area contributed by atoms with Crippen molar-refractivity contribution in [2.75, 3.05) is 6.61 Å². The van der Waals surface area contributed by atoms with E-state index in [1.165, 1.54) is 6.07 Å². The number of carbonyl (C=O) groups is 1. The second-order valence-electron chi connectivity index (χ2n) is 10.3. The predicted octanol–water partition coefficient (Wildman–Crippen LogP) is 6.75. The number of hydrogen-bond donors (Lipinski definition) is 2. The molecule has 1 aliphatic rings. The number of H-pyrrole nitrogens is 1. The summed E-state index contributed by atoms with van der Waals surface area (Å²) < 4.78 is 88.4. The van der Waals surface area contributed by atoms with Gasteiger partial charge in [-0.1, -0.05) is 37.3 Å². The van der Waals surface area contributed by atoms with Crippen molar-refractivity contribution >= 4 is 16.8 Å². The fourth-order valence-electron chi connectivity index (χ4n) is 5.38. The van der Waals surface area contributed by atoms with E-state index in [1.54, 1.807) is 12.1 Å². The van der Waals surface area contributed by atoms with Crippen LogP contribution in [0.15, 0.2) is 54.6 Å². The number of primary amides is 1. The Morgan fingerprint density at radius 1 is 1.10 bits per heavy atom. The summed E-state index contributed by atoms with van der Waals surface area (Å²) in [4.78, 5) is 14.7. The third kappa shape index (κ3) is 5.32. The molecule has 3 N–H and O–H groups in total. The van der Waals surface area contributed by atoms with Gasteiger partial charge in [-0.15, -0.1) is 0 Å². The Balaban J connectivity index is 1.60. The zero-order valence-corrected chi connectivity index (χ0v) is 21.4. The van der Waals surface area contributed by atoms with E-state index in [1.807, 2.05) is 25.1 Å². The van der Waals surface area contributed by atoms with Crippen LogP contribution in [0.25, 0.3) is 22.0 Å². The van der Waals surface area contributed by atoms with Gasteiger partial charge in [-0.3, -0.25) is 9.48 Å². The van der Waals surface area contributed by atoms with Crippen LogP contribution in [-0.2, 0) is 33.8 Å². The van der Waals surface area contributed by atoms with Gasteiger partial charge in [0.1, 0.15) is 6.10 Å². The first-order chi connectivity index (χ1) is 18.8. The summed E-state index contributed by atoms with van der Waals surface area (Å²) in [7, 11) is 0. The van der Waals surface area contributed by atoms with E-state index in [2.05, 4.69) is 10.1 Å². The van der Waals surface area contributed by atoms with Crippen LogP contribution >= 0.6 is 0 Å². The Kier molecular flexibility index (Phi) is 6.93. The Labute approximate surface area is 225 Å². The molecule has 0 aliphatic carbocycles. The molecule has 212 valence electrons. The number of benzene rings is 2. The minimum atomic E-state index is -4.71. The van der Waals surface area contributed by atoms with E-state index < -0.39 is 41.0 Å². The number of para-hydroxylation sites is 1. The van der Waals surface area contributed by atoms with Gasteiger partial charge in [-0.2, -0.15) is 31.4 Å². The lowest BCUT2D eigenvalue weighted by Gasteiger charge is -2.38. The van der Waals surface area contributed by atoms with Crippen LogP contribution in [0.1, 0.15) is 54.9 Å². The summed E-state index contributed by atoms with van der Waals surface area (Å²) in [6.45, 7) is 1.94. The number of amides is 1. The summed E-state index contributed by atoms with van der Waals surface area (Å²) in [5, 5.41) is 4.40. The van der Waals surface area contributed by atoms with Gasteiger partial charge in [0.05, 0.1) is 17.8 Å². The van der Waals surface area contributed by atoms with E-state index >= 15 is 0 Å². The molecule has 2 unspecified atom stereocenters. The van der Waals surface area contributed by atoms with E-state index in [4.69, 9.17) is 10.5 Å². The van der Waals surface area contributed by atoms with Crippen LogP contribution in [0.5, 0.6) is 0 Å². The summed E-state index contributed by atoms with van der Waals surface area (Å²) in [6.07, 6.45) is -9.60. The molecule has 12 heteroatoms. The second kappa shape index (κ2) is 9.99.